The van der Waals surface area contributed by atoms with Gasteiger partial charge in [-0.1, -0.05) is 19.1 Å². The molecule has 0 bridgehead atoms. The molecule has 1 aliphatic rings. The molecule has 0 saturated heterocycles. The van der Waals surface area contributed by atoms with Gasteiger partial charge in [0, 0.05) is 18.0 Å². The lowest BCUT2D eigenvalue weighted by molar-refractivity contribution is -0.131. The topological polar surface area (TPSA) is 55.2 Å². The minimum atomic E-state index is -0.0863. The molecular weight excluding hydrogens is 334 g/mol. The number of carbonyl (C=O) groups is 1. The summed E-state index contributed by atoms with van der Waals surface area (Å²) >= 11 is 1.63. The molecule has 6 heteroatoms. The minimum absolute atomic E-state index is 0.0317. The second kappa shape index (κ2) is 7.12. The number of hydrogen-bond acceptors (Lipinski definition) is 4. The molecule has 0 aromatic carbocycles. The predicted octanol–water partition coefficient (Wildman–Crippen LogP) is 3.01. The number of amides is 1. The fourth-order valence-electron chi connectivity index (χ4n) is 3.43. The Morgan fingerprint density at radius 3 is 2.96 bits per heavy atom. The monoisotopic (exact) mass is 359 g/mol. The average molecular weight is 359 g/mol. The summed E-state index contributed by atoms with van der Waals surface area (Å²) in [5, 5.41) is 0.727. The fraction of sp³-hybridized carbons (Fsp3) is 0.526. The van der Waals surface area contributed by atoms with Crippen molar-refractivity contribution in [2.24, 2.45) is 5.92 Å². The normalized spacial score (nSPS) is 16.7. The molecule has 2 aromatic rings. The average Bonchev–Trinajstić information content (AvgIpc) is 2.92. The molecule has 1 aliphatic carbocycles. The van der Waals surface area contributed by atoms with Crippen LogP contribution in [0.25, 0.3) is 10.2 Å². The number of carbonyl (C=O) groups excluding carboxylic acids is 1. The van der Waals surface area contributed by atoms with Crippen molar-refractivity contribution in [3.8, 4) is 0 Å². The number of hydrogen-bond donors (Lipinski definition) is 0. The van der Waals surface area contributed by atoms with E-state index in [9.17, 15) is 9.59 Å². The van der Waals surface area contributed by atoms with E-state index in [0.717, 1.165) is 40.6 Å². The molecule has 0 radical (unpaired) electrons. The molecule has 0 N–H and O–H groups in total. The van der Waals surface area contributed by atoms with Gasteiger partial charge in [-0.05, 0) is 44.6 Å². The van der Waals surface area contributed by atoms with Crippen molar-refractivity contribution in [3.05, 3.63) is 39.3 Å². The molecular formula is C19H25N3O2S. The zero-order valence-electron chi connectivity index (χ0n) is 15.2. The van der Waals surface area contributed by atoms with E-state index in [1.165, 1.54) is 15.8 Å². The van der Waals surface area contributed by atoms with Crippen LogP contribution in [0.1, 0.15) is 37.6 Å². The number of aromatic nitrogens is 2. The van der Waals surface area contributed by atoms with Gasteiger partial charge in [-0.25, -0.2) is 4.98 Å². The molecule has 25 heavy (non-hydrogen) atoms. The second-order valence-corrected chi connectivity index (χ2v) is 8.16. The molecule has 2 heterocycles. The van der Waals surface area contributed by atoms with Gasteiger partial charge < -0.3 is 4.90 Å². The van der Waals surface area contributed by atoms with E-state index in [1.807, 2.05) is 13.8 Å². The van der Waals surface area contributed by atoms with Crippen LogP contribution in [-0.4, -0.2) is 33.4 Å². The van der Waals surface area contributed by atoms with Gasteiger partial charge in [0.15, 0.2) is 0 Å². The summed E-state index contributed by atoms with van der Waals surface area (Å²) in [5.74, 6) is 0.580. The van der Waals surface area contributed by atoms with Crippen molar-refractivity contribution in [1.82, 2.24) is 14.5 Å². The van der Waals surface area contributed by atoms with Gasteiger partial charge in [-0.3, -0.25) is 14.2 Å². The molecule has 0 unspecified atom stereocenters. The maximum Gasteiger partial charge on any atom is 0.262 e. The summed E-state index contributed by atoms with van der Waals surface area (Å²) in [7, 11) is 0. The quantitative estimate of drug-likeness (QED) is 0.771. The molecule has 5 nitrogen and oxygen atoms in total. The van der Waals surface area contributed by atoms with Crippen LogP contribution in [0.5, 0.6) is 0 Å². The largest absolute Gasteiger partial charge is 0.337 e. The van der Waals surface area contributed by atoms with Gasteiger partial charge in [-0.2, -0.15) is 0 Å². The highest BCUT2D eigenvalue weighted by Gasteiger charge is 2.23. The SMILES string of the molecule is C=C(C)CN(CC)C(=O)Cn1cnc2sc3c(c2c1=O)CC[C@H](C)C3. The van der Waals surface area contributed by atoms with E-state index in [1.54, 1.807) is 16.2 Å². The van der Waals surface area contributed by atoms with Crippen molar-refractivity contribution < 1.29 is 4.79 Å². The Balaban J connectivity index is 1.93. The standard InChI is InChI=1S/C19H25N3O2S/c1-5-21(9-12(2)3)16(23)10-22-11-20-18-17(19(22)24)14-7-6-13(4)8-15(14)25-18/h11,13H,2,5-10H2,1,3-4H3/t13-/m0/s1. The lowest BCUT2D eigenvalue weighted by atomic mass is 9.89. The molecule has 1 amide bonds. The predicted molar refractivity (Wildman–Crippen MR) is 102 cm³/mol. The molecule has 3 rings (SSSR count). The van der Waals surface area contributed by atoms with Crippen molar-refractivity contribution in [1.29, 1.82) is 0 Å². The van der Waals surface area contributed by atoms with E-state index >= 15 is 0 Å². The van der Waals surface area contributed by atoms with Gasteiger partial charge in [0.1, 0.15) is 11.4 Å². The summed E-state index contributed by atoms with van der Waals surface area (Å²) in [6, 6.07) is 0. The fourth-order valence-corrected chi connectivity index (χ4v) is 4.77. The molecule has 0 spiro atoms. The highest BCUT2D eigenvalue weighted by Crippen LogP contribution is 2.35. The number of likely N-dealkylation sites (N-methyl/N-ethyl adjacent to an activating group) is 1. The highest BCUT2D eigenvalue weighted by atomic mass is 32.1. The number of aryl methyl sites for hydroxylation is 1. The Morgan fingerprint density at radius 2 is 2.28 bits per heavy atom. The maximum atomic E-state index is 13.0. The van der Waals surface area contributed by atoms with E-state index in [-0.39, 0.29) is 18.0 Å². The van der Waals surface area contributed by atoms with Gasteiger partial charge in [0.25, 0.3) is 5.56 Å². The molecule has 0 fully saturated rings. The van der Waals surface area contributed by atoms with Crippen molar-refractivity contribution in [2.75, 3.05) is 13.1 Å². The first-order valence-corrected chi connectivity index (χ1v) is 9.64. The van der Waals surface area contributed by atoms with Crippen LogP contribution in [0.2, 0.25) is 0 Å². The van der Waals surface area contributed by atoms with Gasteiger partial charge in [0.2, 0.25) is 5.91 Å². The third-order valence-electron chi connectivity index (χ3n) is 4.78. The van der Waals surface area contributed by atoms with E-state index in [0.29, 0.717) is 19.0 Å². The Labute approximate surface area is 152 Å². The van der Waals surface area contributed by atoms with Crippen LogP contribution >= 0.6 is 11.3 Å². The summed E-state index contributed by atoms with van der Waals surface area (Å²) in [5.41, 5.74) is 2.00. The minimum Gasteiger partial charge on any atom is -0.337 e. The van der Waals surface area contributed by atoms with Gasteiger partial charge in [0.05, 0.1) is 11.7 Å². The van der Waals surface area contributed by atoms with Crippen LogP contribution in [0, 0.1) is 5.92 Å². The van der Waals surface area contributed by atoms with Crippen LogP contribution in [-0.2, 0) is 24.2 Å². The summed E-state index contributed by atoms with van der Waals surface area (Å²) in [4.78, 5) is 33.8. The lowest BCUT2D eigenvalue weighted by Gasteiger charge is -2.21. The van der Waals surface area contributed by atoms with Crippen LogP contribution in [0.4, 0.5) is 0 Å². The Morgan fingerprint density at radius 1 is 1.52 bits per heavy atom. The third-order valence-corrected chi connectivity index (χ3v) is 5.95. The Bertz CT molecular complexity index is 881. The van der Waals surface area contributed by atoms with Crippen LogP contribution < -0.4 is 5.56 Å². The number of thiophene rings is 1. The first kappa shape index (κ1) is 17.9. The number of rotatable bonds is 5. The first-order chi connectivity index (χ1) is 11.9. The smallest absolute Gasteiger partial charge is 0.262 e. The molecule has 2 aromatic heterocycles. The number of fused-ring (bicyclic) bond motifs is 3. The summed E-state index contributed by atoms with van der Waals surface area (Å²) in [6.45, 7) is 11.1. The van der Waals surface area contributed by atoms with Crippen LogP contribution in [0.15, 0.2) is 23.3 Å². The van der Waals surface area contributed by atoms with Crippen molar-refractivity contribution in [2.45, 2.75) is 46.6 Å². The zero-order valence-corrected chi connectivity index (χ0v) is 16.0. The van der Waals surface area contributed by atoms with Crippen molar-refractivity contribution in [3.63, 3.8) is 0 Å². The first-order valence-electron chi connectivity index (χ1n) is 8.82. The van der Waals surface area contributed by atoms with Crippen LogP contribution in [0.3, 0.4) is 0 Å². The molecule has 0 aliphatic heterocycles. The second-order valence-electron chi connectivity index (χ2n) is 7.07. The molecule has 134 valence electrons. The highest BCUT2D eigenvalue weighted by molar-refractivity contribution is 7.18. The summed E-state index contributed by atoms with van der Waals surface area (Å²) < 4.78 is 1.46. The van der Waals surface area contributed by atoms with E-state index in [4.69, 9.17) is 0 Å². The summed E-state index contributed by atoms with van der Waals surface area (Å²) in [6.07, 6.45) is 4.58. The maximum absolute atomic E-state index is 13.0. The Kier molecular flexibility index (Phi) is 5.08. The van der Waals surface area contributed by atoms with Gasteiger partial charge >= 0.3 is 0 Å². The lowest BCUT2D eigenvalue weighted by Crippen LogP contribution is -2.37. The van der Waals surface area contributed by atoms with Crippen molar-refractivity contribution >= 4 is 27.5 Å². The van der Waals surface area contributed by atoms with Gasteiger partial charge in [-0.15, -0.1) is 11.3 Å². The Hall–Kier alpha value is -1.95. The van der Waals surface area contributed by atoms with E-state index < -0.39 is 0 Å². The third kappa shape index (κ3) is 3.54. The molecule has 1 atom stereocenters. The molecule has 0 saturated carbocycles. The zero-order chi connectivity index (χ0) is 18.1. The van der Waals surface area contributed by atoms with E-state index in [2.05, 4.69) is 18.5 Å². The number of nitrogens with zero attached hydrogens (tertiary/aromatic N) is 3.